The maximum absolute atomic E-state index is 12.6. The van der Waals surface area contributed by atoms with Crippen LogP contribution in [0.4, 0.5) is 0 Å². The van der Waals surface area contributed by atoms with Gasteiger partial charge in [-0.15, -0.1) is 0 Å². The van der Waals surface area contributed by atoms with E-state index in [1.165, 1.54) is 116 Å². The third-order valence-electron chi connectivity index (χ3n) is 9.29. The molecule has 0 aromatic heterocycles. The summed E-state index contributed by atoms with van der Waals surface area (Å²) in [6.07, 6.45) is 34.0. The van der Waals surface area contributed by atoms with Crippen LogP contribution >= 0.6 is 0 Å². The molecule has 0 heterocycles. The fourth-order valence-electron chi connectivity index (χ4n) is 6.10. The van der Waals surface area contributed by atoms with E-state index in [2.05, 4.69) is 27.7 Å². The number of rotatable bonds is 37. The predicted octanol–water partition coefficient (Wildman–Crippen LogP) is 12.8. The van der Waals surface area contributed by atoms with Gasteiger partial charge in [-0.3, -0.25) is 14.4 Å². The van der Waals surface area contributed by atoms with Crippen molar-refractivity contribution >= 4 is 17.9 Å². The molecule has 0 N–H and O–H groups in total. The number of hydrogen-bond acceptors (Lipinski definition) is 6. The van der Waals surface area contributed by atoms with Crippen molar-refractivity contribution in [2.75, 3.05) is 13.2 Å². The molecule has 6 nitrogen and oxygen atoms in total. The number of carbonyl (C=O) groups is 3. The zero-order chi connectivity index (χ0) is 35.3. The highest BCUT2D eigenvalue weighted by atomic mass is 16.6. The van der Waals surface area contributed by atoms with E-state index in [1.807, 2.05) is 0 Å². The lowest BCUT2D eigenvalue weighted by molar-refractivity contribution is -0.167. The van der Waals surface area contributed by atoms with Gasteiger partial charge in [0, 0.05) is 19.3 Å². The molecule has 0 aliphatic carbocycles. The highest BCUT2D eigenvalue weighted by Gasteiger charge is 2.19. The quantitative estimate of drug-likeness (QED) is 0.0369. The molecular formula is C42H80O6. The minimum atomic E-state index is -0.756. The Morgan fingerprint density at radius 2 is 0.688 bits per heavy atom. The first kappa shape index (κ1) is 46.4. The van der Waals surface area contributed by atoms with Crippen molar-refractivity contribution < 1.29 is 28.6 Å². The number of esters is 3. The fourth-order valence-corrected chi connectivity index (χ4v) is 6.10. The van der Waals surface area contributed by atoms with Crippen LogP contribution in [0.2, 0.25) is 0 Å². The molecule has 6 heteroatoms. The van der Waals surface area contributed by atoms with E-state index in [0.717, 1.165) is 70.1 Å². The average molecular weight is 681 g/mol. The smallest absolute Gasteiger partial charge is 0.306 e. The lowest BCUT2D eigenvalue weighted by Gasteiger charge is -2.18. The van der Waals surface area contributed by atoms with Gasteiger partial charge >= 0.3 is 17.9 Å². The highest BCUT2D eigenvalue weighted by Crippen LogP contribution is 2.16. The summed E-state index contributed by atoms with van der Waals surface area (Å²) in [6, 6.07) is 0. The van der Waals surface area contributed by atoms with Gasteiger partial charge in [0.2, 0.25) is 0 Å². The van der Waals surface area contributed by atoms with Crippen LogP contribution in [0.15, 0.2) is 0 Å². The Morgan fingerprint density at radius 3 is 1.02 bits per heavy atom. The van der Waals surface area contributed by atoms with Crippen molar-refractivity contribution in [3.05, 3.63) is 0 Å². The van der Waals surface area contributed by atoms with Gasteiger partial charge in [-0.25, -0.2) is 0 Å². The standard InChI is InChI=1S/C42H80O6/c1-5-7-9-11-12-13-15-19-22-26-30-34-41(44)47-37-39(36-46-40(43)33-29-24-10-8-6-2)48-42(45)35-31-27-23-20-17-14-16-18-21-25-28-32-38(3)4/h38-39H,5-37H2,1-4H3/t39-/m1/s1. The topological polar surface area (TPSA) is 78.9 Å². The molecular weight excluding hydrogens is 600 g/mol. The van der Waals surface area contributed by atoms with Gasteiger partial charge < -0.3 is 14.2 Å². The summed E-state index contributed by atoms with van der Waals surface area (Å²) in [4.78, 5) is 37.3. The van der Waals surface area contributed by atoms with E-state index in [0.29, 0.717) is 19.3 Å². The molecule has 0 aliphatic rings. The van der Waals surface area contributed by atoms with Crippen LogP contribution in [-0.2, 0) is 28.6 Å². The lowest BCUT2D eigenvalue weighted by Crippen LogP contribution is -2.30. The monoisotopic (exact) mass is 681 g/mol. The van der Waals surface area contributed by atoms with Crippen LogP contribution in [0.1, 0.15) is 227 Å². The molecule has 0 aliphatic heterocycles. The first-order valence-corrected chi connectivity index (χ1v) is 20.9. The number of hydrogen-bond donors (Lipinski definition) is 0. The minimum absolute atomic E-state index is 0.0654. The Hall–Kier alpha value is -1.59. The Bertz CT molecular complexity index is 721. The maximum atomic E-state index is 12.6. The molecule has 0 rings (SSSR count). The van der Waals surface area contributed by atoms with Crippen molar-refractivity contribution in [1.29, 1.82) is 0 Å². The number of unbranched alkanes of at least 4 members (excludes halogenated alkanes) is 24. The summed E-state index contributed by atoms with van der Waals surface area (Å²) in [6.45, 7) is 8.89. The van der Waals surface area contributed by atoms with Crippen LogP contribution in [-0.4, -0.2) is 37.2 Å². The Kier molecular flexibility index (Phi) is 35.5. The largest absolute Gasteiger partial charge is 0.462 e. The fraction of sp³-hybridized carbons (Fsp3) is 0.929. The molecule has 48 heavy (non-hydrogen) atoms. The molecule has 0 aromatic rings. The normalized spacial score (nSPS) is 11.9. The molecule has 284 valence electrons. The van der Waals surface area contributed by atoms with E-state index >= 15 is 0 Å². The molecule has 0 saturated heterocycles. The zero-order valence-electron chi connectivity index (χ0n) is 32.4. The van der Waals surface area contributed by atoms with Crippen LogP contribution in [0, 0.1) is 5.92 Å². The predicted molar refractivity (Wildman–Crippen MR) is 201 cm³/mol. The third-order valence-corrected chi connectivity index (χ3v) is 9.29. The first-order valence-electron chi connectivity index (χ1n) is 20.9. The first-order chi connectivity index (χ1) is 23.4. The van der Waals surface area contributed by atoms with Crippen molar-refractivity contribution in [3.8, 4) is 0 Å². The van der Waals surface area contributed by atoms with Crippen LogP contribution in [0.3, 0.4) is 0 Å². The average Bonchev–Trinajstić information content (AvgIpc) is 3.06. The molecule has 0 amide bonds. The van der Waals surface area contributed by atoms with Gasteiger partial charge in [0.25, 0.3) is 0 Å². The molecule has 0 aromatic carbocycles. The Balaban J connectivity index is 4.23. The van der Waals surface area contributed by atoms with Crippen molar-refractivity contribution in [3.63, 3.8) is 0 Å². The van der Waals surface area contributed by atoms with Gasteiger partial charge in [-0.2, -0.15) is 0 Å². The summed E-state index contributed by atoms with van der Waals surface area (Å²) < 4.78 is 16.5. The highest BCUT2D eigenvalue weighted by molar-refractivity contribution is 5.71. The van der Waals surface area contributed by atoms with Gasteiger partial charge in [0.05, 0.1) is 0 Å². The van der Waals surface area contributed by atoms with Crippen molar-refractivity contribution in [1.82, 2.24) is 0 Å². The minimum Gasteiger partial charge on any atom is -0.462 e. The van der Waals surface area contributed by atoms with E-state index in [-0.39, 0.29) is 31.1 Å². The van der Waals surface area contributed by atoms with Crippen LogP contribution < -0.4 is 0 Å². The molecule has 1 atom stereocenters. The zero-order valence-corrected chi connectivity index (χ0v) is 32.4. The van der Waals surface area contributed by atoms with Gasteiger partial charge in [0.1, 0.15) is 13.2 Å². The Labute approximate surface area is 298 Å². The molecule has 0 fully saturated rings. The van der Waals surface area contributed by atoms with Crippen molar-refractivity contribution in [2.45, 2.75) is 233 Å². The molecule has 0 radical (unpaired) electrons. The van der Waals surface area contributed by atoms with Gasteiger partial charge in [0.15, 0.2) is 6.10 Å². The maximum Gasteiger partial charge on any atom is 0.306 e. The molecule has 0 spiro atoms. The number of carbonyl (C=O) groups excluding carboxylic acids is 3. The van der Waals surface area contributed by atoms with Gasteiger partial charge in [-0.1, -0.05) is 188 Å². The summed E-state index contributed by atoms with van der Waals surface area (Å²) in [5, 5.41) is 0. The number of ether oxygens (including phenoxy) is 3. The molecule has 0 saturated carbocycles. The second-order valence-electron chi connectivity index (χ2n) is 14.7. The van der Waals surface area contributed by atoms with E-state index in [9.17, 15) is 14.4 Å². The second-order valence-corrected chi connectivity index (χ2v) is 14.7. The van der Waals surface area contributed by atoms with E-state index < -0.39 is 6.10 Å². The van der Waals surface area contributed by atoms with Gasteiger partial charge in [-0.05, 0) is 25.2 Å². The Morgan fingerprint density at radius 1 is 0.396 bits per heavy atom. The lowest BCUT2D eigenvalue weighted by atomic mass is 10.0. The third kappa shape index (κ3) is 35.7. The van der Waals surface area contributed by atoms with Crippen LogP contribution in [0.5, 0.6) is 0 Å². The van der Waals surface area contributed by atoms with E-state index in [4.69, 9.17) is 14.2 Å². The SMILES string of the molecule is CCCCCCCCCCCCCC(=O)OC[C@@H](COC(=O)CCCCCCC)OC(=O)CCCCCCCCCCCCCC(C)C. The van der Waals surface area contributed by atoms with Crippen LogP contribution in [0.25, 0.3) is 0 Å². The second kappa shape index (κ2) is 36.7. The van der Waals surface area contributed by atoms with E-state index in [1.54, 1.807) is 0 Å². The molecule has 0 bridgehead atoms. The van der Waals surface area contributed by atoms with Crippen molar-refractivity contribution in [2.24, 2.45) is 5.92 Å². The summed E-state index contributed by atoms with van der Waals surface area (Å²) in [5.74, 6) is -0.0491. The molecule has 0 unspecified atom stereocenters. The summed E-state index contributed by atoms with van der Waals surface area (Å²) >= 11 is 0. The summed E-state index contributed by atoms with van der Waals surface area (Å²) in [7, 11) is 0. The summed E-state index contributed by atoms with van der Waals surface area (Å²) in [5.41, 5.74) is 0.